The molecule has 1 aliphatic carbocycles. The lowest BCUT2D eigenvalue weighted by Crippen LogP contribution is -2.55. The maximum absolute atomic E-state index is 14.3. The van der Waals surface area contributed by atoms with E-state index in [1.165, 1.54) is 11.8 Å². The first-order valence-corrected chi connectivity index (χ1v) is 25.8. The van der Waals surface area contributed by atoms with Gasteiger partial charge in [0.05, 0.1) is 24.8 Å². The molecule has 20 heteroatoms. The van der Waals surface area contributed by atoms with Crippen LogP contribution in [0.25, 0.3) is 0 Å². The summed E-state index contributed by atoms with van der Waals surface area (Å²) < 4.78 is 11.7. The molecule has 3 aliphatic heterocycles. The lowest BCUT2D eigenvalue weighted by atomic mass is 9.93. The average Bonchev–Trinajstić information content (AvgIpc) is 4.05. The molecule has 2 saturated heterocycles. The van der Waals surface area contributed by atoms with E-state index in [0.717, 1.165) is 78.1 Å². The minimum atomic E-state index is -0.528. The molecular weight excluding hydrogens is 988 g/mol. The first-order chi connectivity index (χ1) is 35.3. The van der Waals surface area contributed by atoms with Gasteiger partial charge in [-0.15, -0.1) is 0 Å². The van der Waals surface area contributed by atoms with E-state index in [-0.39, 0.29) is 36.4 Å². The number of nitrogens with one attached hydrogen (secondary N) is 4. The zero-order valence-electron chi connectivity index (χ0n) is 41.3. The number of amidine groups is 1. The van der Waals surface area contributed by atoms with E-state index in [9.17, 15) is 14.4 Å². The fourth-order valence-electron chi connectivity index (χ4n) is 8.61. The zero-order valence-corrected chi connectivity index (χ0v) is 43.6. The van der Waals surface area contributed by atoms with Crippen LogP contribution in [0.1, 0.15) is 61.2 Å². The number of H-pyrrole nitrogens is 1. The van der Waals surface area contributed by atoms with Crippen molar-refractivity contribution in [2.45, 2.75) is 61.9 Å². The van der Waals surface area contributed by atoms with Crippen LogP contribution in [-0.2, 0) is 9.59 Å². The van der Waals surface area contributed by atoms with Crippen molar-refractivity contribution in [3.8, 4) is 11.5 Å². The number of aromatic amines is 1. The van der Waals surface area contributed by atoms with Gasteiger partial charge in [-0.2, -0.15) is 5.10 Å². The smallest absolute Gasteiger partial charge is 0.326 e. The van der Waals surface area contributed by atoms with E-state index in [1.807, 2.05) is 106 Å². The summed E-state index contributed by atoms with van der Waals surface area (Å²) >= 11 is 14.0. The maximum atomic E-state index is 14.3. The van der Waals surface area contributed by atoms with E-state index >= 15 is 0 Å². The van der Waals surface area contributed by atoms with Gasteiger partial charge in [-0.25, -0.2) is 14.8 Å². The highest BCUT2D eigenvalue weighted by atomic mass is 35.5. The van der Waals surface area contributed by atoms with Gasteiger partial charge in [0, 0.05) is 89.7 Å². The van der Waals surface area contributed by atoms with E-state index < -0.39 is 12.1 Å². The van der Waals surface area contributed by atoms with Crippen LogP contribution in [0.2, 0.25) is 10.0 Å². The van der Waals surface area contributed by atoms with Crippen molar-refractivity contribution in [2.24, 2.45) is 10.9 Å². The number of rotatable bonds is 13. The molecule has 3 fully saturated rings. The van der Waals surface area contributed by atoms with Gasteiger partial charge in [0.15, 0.2) is 11.0 Å². The van der Waals surface area contributed by atoms with Gasteiger partial charge >= 0.3 is 6.03 Å². The minimum absolute atomic E-state index is 0.0421. The predicted molar refractivity (Wildman–Crippen MR) is 286 cm³/mol. The number of urea groups is 1. The van der Waals surface area contributed by atoms with Crippen LogP contribution in [0.3, 0.4) is 0 Å². The van der Waals surface area contributed by atoms with Gasteiger partial charge in [-0.3, -0.25) is 24.6 Å². The number of methoxy groups -OCH3 is 1. The van der Waals surface area contributed by atoms with E-state index in [4.69, 9.17) is 47.6 Å². The summed E-state index contributed by atoms with van der Waals surface area (Å²) in [4.78, 5) is 62.2. The second kappa shape index (κ2) is 22.9. The number of amides is 4. The summed E-state index contributed by atoms with van der Waals surface area (Å²) in [5.41, 5.74) is 4.17. The van der Waals surface area contributed by atoms with Crippen LogP contribution < -0.4 is 30.3 Å². The number of likely N-dealkylation sites (N-methyl/N-ethyl adjacent to an activating group) is 1. The molecule has 17 nitrogen and oxygen atoms in total. The Bertz CT molecular complexity index is 2950. The second-order valence-electron chi connectivity index (χ2n) is 18.5. The molecule has 73 heavy (non-hydrogen) atoms. The summed E-state index contributed by atoms with van der Waals surface area (Å²) in [7, 11) is 3.73. The molecule has 1 saturated carbocycles. The summed E-state index contributed by atoms with van der Waals surface area (Å²) in [5, 5.41) is 18.1. The average molecular weight is 1050 g/mol. The summed E-state index contributed by atoms with van der Waals surface area (Å²) in [6.45, 7) is 10.4. The predicted octanol–water partition coefficient (Wildman–Crippen LogP) is 9.39. The standard InChI is InChI=1S/C30H30Cl2N4O4.C23H28N8OS/c1-18(2)40-25-16-23(39-3)12-13-24(25)29-34-27(19-4-8-21(31)9-5-19)28(20-6-10-22(32)11-7-20)36(29)30(38)35-15-14-33-26(37)17-35;1-15-13-20(29-28-15)25-19-14-21(31-11-9-30(2)10-12-31)27-23(26-19)33-18-7-5-17(6-8-18)24-22(32)16-3-4-16/h4-13,16,18,27-28H,14-15,17H2,1-3H3,(H,33,37);5-8,13-14,16H,3-4,9-12H2,1-2H3,(H,24,32)(H2,25,26,27,28,29)/t27-,28+;/m1./s1. The molecule has 5 heterocycles. The molecule has 4 N–H and O–H groups in total. The molecule has 6 aromatic rings. The Kier molecular flexibility index (Phi) is 16.0. The monoisotopic (exact) mass is 1040 g/mol. The first-order valence-electron chi connectivity index (χ1n) is 24.3. The van der Waals surface area contributed by atoms with Crippen LogP contribution in [0.15, 0.2) is 118 Å². The molecule has 2 aromatic heterocycles. The lowest BCUT2D eigenvalue weighted by molar-refractivity contribution is -0.123. The van der Waals surface area contributed by atoms with Crippen molar-refractivity contribution in [2.75, 3.05) is 75.5 Å². The number of anilines is 4. The van der Waals surface area contributed by atoms with Gasteiger partial charge in [0.2, 0.25) is 11.8 Å². The fourth-order valence-corrected chi connectivity index (χ4v) is 9.63. The third-order valence-electron chi connectivity index (χ3n) is 12.6. The fraction of sp³-hybridized carbons (Fsp3) is 0.340. The van der Waals surface area contributed by atoms with E-state index in [0.29, 0.717) is 57.0 Å². The van der Waals surface area contributed by atoms with Crippen molar-refractivity contribution >= 4 is 81.8 Å². The SMILES string of the molecule is COc1ccc(C2=N[C@H](c3ccc(Cl)cc3)[C@H](c3ccc(Cl)cc3)N2C(=O)N2CCNC(=O)C2)c(OC(C)C)c1.Cc1cc(Nc2cc(N3CCN(C)CC3)nc(Sc3ccc(NC(=O)C4CC4)cc3)n2)n[nH]1. The van der Waals surface area contributed by atoms with Crippen molar-refractivity contribution in [3.63, 3.8) is 0 Å². The highest BCUT2D eigenvalue weighted by molar-refractivity contribution is 7.99. The Hall–Kier alpha value is -6.86. The number of aliphatic imine (C=N–C) groups is 1. The number of halogens is 2. The van der Waals surface area contributed by atoms with E-state index in [1.54, 1.807) is 35.1 Å². The molecular formula is C53H58Cl2N12O5S. The largest absolute Gasteiger partial charge is 0.497 e. The molecule has 0 spiro atoms. The van der Waals surface area contributed by atoms with Crippen LogP contribution in [-0.4, -0.2) is 125 Å². The number of ether oxygens (including phenoxy) is 2. The summed E-state index contributed by atoms with van der Waals surface area (Å²) in [5.74, 6) is 4.03. The van der Waals surface area contributed by atoms with Gasteiger partial charge in [-0.05, 0) is 124 Å². The van der Waals surface area contributed by atoms with Gasteiger partial charge in [-0.1, -0.05) is 47.5 Å². The molecule has 4 amide bonds. The quantitative estimate of drug-likeness (QED) is 0.0805. The second-order valence-corrected chi connectivity index (χ2v) is 20.4. The molecule has 2 atom stereocenters. The Morgan fingerprint density at radius 1 is 0.836 bits per heavy atom. The number of piperazine rings is 2. The number of benzene rings is 4. The minimum Gasteiger partial charge on any atom is -0.497 e. The molecule has 380 valence electrons. The number of aromatic nitrogens is 4. The Morgan fingerprint density at radius 2 is 1.53 bits per heavy atom. The lowest BCUT2D eigenvalue weighted by Gasteiger charge is -2.36. The van der Waals surface area contributed by atoms with Crippen molar-refractivity contribution in [3.05, 3.63) is 136 Å². The molecule has 0 radical (unpaired) electrons. The highest BCUT2D eigenvalue weighted by Crippen LogP contribution is 2.46. The number of carbonyl (C=O) groups excluding carboxylic acids is 3. The number of aryl methyl sites for hydroxylation is 1. The Balaban J connectivity index is 0.000000183. The zero-order chi connectivity index (χ0) is 51.2. The topological polar surface area (TPSA) is 186 Å². The van der Waals surface area contributed by atoms with Crippen molar-refractivity contribution < 1.29 is 23.9 Å². The van der Waals surface area contributed by atoms with E-state index in [2.05, 4.69) is 43.0 Å². The summed E-state index contributed by atoms with van der Waals surface area (Å²) in [6, 6.07) is 30.7. The van der Waals surface area contributed by atoms with Gasteiger partial charge < -0.3 is 40.1 Å². The number of hydrogen-bond donors (Lipinski definition) is 4. The highest BCUT2D eigenvalue weighted by Gasteiger charge is 2.45. The first kappa shape index (κ1) is 51.1. The van der Waals surface area contributed by atoms with Crippen LogP contribution in [0, 0.1) is 12.8 Å². The molecule has 10 rings (SSSR count). The molecule has 0 bridgehead atoms. The van der Waals surface area contributed by atoms with Gasteiger partial charge in [0.1, 0.15) is 41.6 Å². The third kappa shape index (κ3) is 12.9. The van der Waals surface area contributed by atoms with Crippen LogP contribution >= 0.6 is 35.0 Å². The number of carbonyl (C=O) groups is 3. The van der Waals surface area contributed by atoms with Crippen LogP contribution in [0.5, 0.6) is 11.5 Å². The van der Waals surface area contributed by atoms with Gasteiger partial charge in [0.25, 0.3) is 0 Å². The van der Waals surface area contributed by atoms with Crippen LogP contribution in [0.4, 0.5) is 27.9 Å². The molecule has 4 aromatic carbocycles. The number of hydrogen-bond acceptors (Lipinski definition) is 13. The Labute approximate surface area is 439 Å². The molecule has 0 unspecified atom stereocenters. The summed E-state index contributed by atoms with van der Waals surface area (Å²) in [6.07, 6.45) is 1.85. The third-order valence-corrected chi connectivity index (χ3v) is 13.9. The Morgan fingerprint density at radius 3 is 2.16 bits per heavy atom. The normalized spacial score (nSPS) is 17.9. The van der Waals surface area contributed by atoms with Crippen molar-refractivity contribution in [1.29, 1.82) is 0 Å². The van der Waals surface area contributed by atoms with Crippen molar-refractivity contribution in [1.82, 2.24) is 40.2 Å². The maximum Gasteiger partial charge on any atom is 0.326 e. The molecule has 4 aliphatic rings. The number of nitrogens with zero attached hydrogens (tertiary/aromatic N) is 8.